The summed E-state index contributed by atoms with van der Waals surface area (Å²) in [5.74, 6) is 1.29. The minimum atomic E-state index is -0.0585. The summed E-state index contributed by atoms with van der Waals surface area (Å²) in [6, 6.07) is 15.0. The fourth-order valence-corrected chi connectivity index (χ4v) is 2.73. The van der Waals surface area contributed by atoms with Crippen molar-refractivity contribution in [3.63, 3.8) is 0 Å². The number of rotatable bonds is 5. The molecule has 1 aromatic heterocycles. The van der Waals surface area contributed by atoms with Crippen LogP contribution in [0.15, 0.2) is 52.9 Å². The van der Waals surface area contributed by atoms with Gasteiger partial charge in [-0.25, -0.2) is 4.98 Å². The average molecular weight is 355 g/mol. The predicted molar refractivity (Wildman–Crippen MR) is 99.8 cm³/mol. The van der Waals surface area contributed by atoms with Crippen LogP contribution >= 0.6 is 11.6 Å². The van der Waals surface area contributed by atoms with Crippen molar-refractivity contribution in [2.24, 2.45) is 0 Å². The number of hydrogen-bond acceptors (Lipinski definition) is 3. The van der Waals surface area contributed by atoms with Crippen LogP contribution in [0.3, 0.4) is 0 Å². The van der Waals surface area contributed by atoms with Gasteiger partial charge < -0.3 is 9.73 Å². The SMILES string of the molecule is Cc1nc(-c2cccc(NC(=O)CCc3ccccc3Cl)c2)oc1C. The van der Waals surface area contributed by atoms with Crippen molar-refractivity contribution in [3.8, 4) is 11.5 Å². The van der Waals surface area contributed by atoms with Gasteiger partial charge in [-0.2, -0.15) is 0 Å². The molecule has 0 aliphatic rings. The van der Waals surface area contributed by atoms with Crippen LogP contribution < -0.4 is 5.32 Å². The van der Waals surface area contributed by atoms with Gasteiger partial charge in [0.05, 0.1) is 5.69 Å². The summed E-state index contributed by atoms with van der Waals surface area (Å²) in [6.45, 7) is 3.79. The van der Waals surface area contributed by atoms with Crippen molar-refractivity contribution < 1.29 is 9.21 Å². The molecule has 0 unspecified atom stereocenters. The summed E-state index contributed by atoms with van der Waals surface area (Å²) in [5.41, 5.74) is 3.39. The highest BCUT2D eigenvalue weighted by molar-refractivity contribution is 6.31. The van der Waals surface area contributed by atoms with Gasteiger partial charge in [-0.1, -0.05) is 35.9 Å². The van der Waals surface area contributed by atoms with Crippen molar-refractivity contribution in [1.82, 2.24) is 4.98 Å². The highest BCUT2D eigenvalue weighted by Gasteiger charge is 2.10. The molecule has 0 atom stereocenters. The minimum Gasteiger partial charge on any atom is -0.441 e. The van der Waals surface area contributed by atoms with Gasteiger partial charge in [0.25, 0.3) is 0 Å². The molecule has 3 aromatic rings. The molecule has 4 nitrogen and oxygen atoms in total. The Morgan fingerprint density at radius 1 is 1.16 bits per heavy atom. The second-order valence-electron chi connectivity index (χ2n) is 5.88. The van der Waals surface area contributed by atoms with Gasteiger partial charge in [-0.05, 0) is 50.1 Å². The smallest absolute Gasteiger partial charge is 0.226 e. The van der Waals surface area contributed by atoms with Gasteiger partial charge in [0.15, 0.2) is 0 Å². The van der Waals surface area contributed by atoms with E-state index in [1.165, 1.54) is 0 Å². The van der Waals surface area contributed by atoms with Crippen molar-refractivity contribution in [2.45, 2.75) is 26.7 Å². The van der Waals surface area contributed by atoms with Gasteiger partial charge in [-0.15, -0.1) is 0 Å². The number of amides is 1. The number of anilines is 1. The number of hydrogen-bond donors (Lipinski definition) is 1. The third kappa shape index (κ3) is 4.28. The van der Waals surface area contributed by atoms with Crippen LogP contribution in [-0.4, -0.2) is 10.9 Å². The van der Waals surface area contributed by atoms with E-state index < -0.39 is 0 Å². The molecule has 0 aliphatic heterocycles. The van der Waals surface area contributed by atoms with E-state index in [2.05, 4.69) is 10.3 Å². The molecule has 5 heteroatoms. The Balaban J connectivity index is 1.65. The van der Waals surface area contributed by atoms with Crippen molar-refractivity contribution >= 4 is 23.2 Å². The molecule has 0 bridgehead atoms. The molecule has 0 saturated heterocycles. The zero-order valence-corrected chi connectivity index (χ0v) is 14.9. The highest BCUT2D eigenvalue weighted by Crippen LogP contribution is 2.24. The van der Waals surface area contributed by atoms with Crippen LogP contribution in [0, 0.1) is 13.8 Å². The molecule has 1 amide bonds. The Morgan fingerprint density at radius 3 is 2.68 bits per heavy atom. The van der Waals surface area contributed by atoms with Gasteiger partial charge in [0.2, 0.25) is 11.8 Å². The fourth-order valence-electron chi connectivity index (χ4n) is 2.50. The number of oxazole rings is 1. The lowest BCUT2D eigenvalue weighted by Gasteiger charge is -2.07. The Hall–Kier alpha value is -2.59. The molecule has 128 valence electrons. The van der Waals surface area contributed by atoms with Crippen LogP contribution in [0.1, 0.15) is 23.4 Å². The van der Waals surface area contributed by atoms with Crippen molar-refractivity contribution in [2.75, 3.05) is 5.32 Å². The van der Waals surface area contributed by atoms with Crippen LogP contribution in [0.2, 0.25) is 5.02 Å². The van der Waals surface area contributed by atoms with Gasteiger partial charge in [0, 0.05) is 22.7 Å². The lowest BCUT2D eigenvalue weighted by molar-refractivity contribution is -0.116. The molecule has 0 saturated carbocycles. The molecule has 1 heterocycles. The number of nitrogens with zero attached hydrogens (tertiary/aromatic N) is 1. The first-order valence-corrected chi connectivity index (χ1v) is 8.48. The van der Waals surface area contributed by atoms with Crippen LogP contribution in [0.25, 0.3) is 11.5 Å². The molecular formula is C20H19ClN2O2. The number of nitrogens with one attached hydrogen (secondary N) is 1. The Labute approximate surface area is 151 Å². The number of carbonyl (C=O) groups is 1. The maximum atomic E-state index is 12.2. The average Bonchev–Trinajstić information content (AvgIpc) is 2.93. The zero-order valence-electron chi connectivity index (χ0n) is 14.2. The van der Waals surface area contributed by atoms with Gasteiger partial charge >= 0.3 is 0 Å². The van der Waals surface area contributed by atoms with Crippen molar-refractivity contribution in [3.05, 3.63) is 70.6 Å². The normalized spacial score (nSPS) is 10.7. The lowest BCUT2D eigenvalue weighted by Crippen LogP contribution is -2.12. The number of aromatic nitrogens is 1. The van der Waals surface area contributed by atoms with Crippen LogP contribution in [0.5, 0.6) is 0 Å². The summed E-state index contributed by atoms with van der Waals surface area (Å²) in [6.07, 6.45) is 0.967. The number of halogens is 1. The third-order valence-electron chi connectivity index (χ3n) is 4.00. The zero-order chi connectivity index (χ0) is 17.8. The molecule has 0 fully saturated rings. The number of carbonyl (C=O) groups excluding carboxylic acids is 1. The second kappa shape index (κ2) is 7.53. The topological polar surface area (TPSA) is 55.1 Å². The quantitative estimate of drug-likeness (QED) is 0.686. The molecular weight excluding hydrogens is 336 g/mol. The first-order chi connectivity index (χ1) is 12.0. The summed E-state index contributed by atoms with van der Waals surface area (Å²) < 4.78 is 5.64. The summed E-state index contributed by atoms with van der Waals surface area (Å²) >= 11 is 6.12. The van der Waals surface area contributed by atoms with E-state index in [9.17, 15) is 4.79 Å². The Morgan fingerprint density at radius 2 is 1.96 bits per heavy atom. The molecule has 0 spiro atoms. The number of benzene rings is 2. The first kappa shape index (κ1) is 17.2. The summed E-state index contributed by atoms with van der Waals surface area (Å²) in [4.78, 5) is 16.6. The van der Waals surface area contributed by atoms with E-state index in [4.69, 9.17) is 16.0 Å². The maximum Gasteiger partial charge on any atom is 0.226 e. The van der Waals surface area contributed by atoms with Crippen molar-refractivity contribution in [1.29, 1.82) is 0 Å². The van der Waals surface area contributed by atoms with E-state index >= 15 is 0 Å². The fraction of sp³-hybridized carbons (Fsp3) is 0.200. The van der Waals surface area contributed by atoms with Gasteiger partial charge in [-0.3, -0.25) is 4.79 Å². The summed E-state index contributed by atoms with van der Waals surface area (Å²) in [7, 11) is 0. The van der Waals surface area contributed by atoms with Gasteiger partial charge in [0.1, 0.15) is 5.76 Å². The van der Waals surface area contributed by atoms with Crippen LogP contribution in [0.4, 0.5) is 5.69 Å². The van der Waals surface area contributed by atoms with E-state index in [0.717, 1.165) is 28.3 Å². The van der Waals surface area contributed by atoms with E-state index in [1.54, 1.807) is 0 Å². The van der Waals surface area contributed by atoms with E-state index in [0.29, 0.717) is 23.8 Å². The van der Waals surface area contributed by atoms with E-state index in [1.807, 2.05) is 62.4 Å². The minimum absolute atomic E-state index is 0.0585. The second-order valence-corrected chi connectivity index (χ2v) is 6.29. The highest BCUT2D eigenvalue weighted by atomic mass is 35.5. The molecule has 1 N–H and O–H groups in total. The Bertz CT molecular complexity index is 883. The largest absolute Gasteiger partial charge is 0.441 e. The molecule has 0 aliphatic carbocycles. The third-order valence-corrected chi connectivity index (χ3v) is 4.37. The lowest BCUT2D eigenvalue weighted by atomic mass is 10.1. The number of aryl methyl sites for hydroxylation is 3. The predicted octanol–water partition coefficient (Wildman–Crippen LogP) is 5.18. The first-order valence-electron chi connectivity index (χ1n) is 8.10. The molecule has 2 aromatic carbocycles. The molecule has 3 rings (SSSR count). The van der Waals surface area contributed by atoms with Crippen LogP contribution in [-0.2, 0) is 11.2 Å². The summed E-state index contributed by atoms with van der Waals surface area (Å²) in [5, 5.41) is 3.60. The molecule has 0 radical (unpaired) electrons. The maximum absolute atomic E-state index is 12.2. The molecule has 25 heavy (non-hydrogen) atoms. The van der Waals surface area contributed by atoms with E-state index in [-0.39, 0.29) is 5.91 Å². The monoisotopic (exact) mass is 354 g/mol. The Kier molecular flexibility index (Phi) is 5.19. The standard InChI is InChI=1S/C20H19ClN2O2/c1-13-14(2)25-20(22-13)16-7-5-8-17(12-16)23-19(24)11-10-15-6-3-4-9-18(15)21/h3-9,12H,10-11H2,1-2H3,(H,23,24).